The molecule has 4 heterocycles. The molecule has 0 aliphatic carbocycles. The predicted octanol–water partition coefficient (Wildman–Crippen LogP) is 2.37. The quantitative estimate of drug-likeness (QED) is 0.719. The van der Waals surface area contributed by atoms with Crippen molar-refractivity contribution in [3.05, 3.63) is 40.9 Å². The topological polar surface area (TPSA) is 63.0 Å². The Morgan fingerprint density at radius 1 is 0.920 bits per heavy atom. The van der Waals surface area contributed by atoms with Gasteiger partial charge in [0.15, 0.2) is 10.9 Å². The maximum absolute atomic E-state index is 4.65. The molecule has 8 heteroatoms. The average Bonchev–Trinajstić information content (AvgIpc) is 3.24. The smallest absolute Gasteiger partial charge is 0.185 e. The van der Waals surface area contributed by atoms with Crippen molar-refractivity contribution in [1.29, 1.82) is 0 Å². The second-order valence-corrected chi connectivity index (χ2v) is 7.13. The van der Waals surface area contributed by atoms with Gasteiger partial charge in [0.05, 0.1) is 5.69 Å². The zero-order chi connectivity index (χ0) is 17.4. The third kappa shape index (κ3) is 3.21. The molecule has 1 fully saturated rings. The van der Waals surface area contributed by atoms with Crippen LogP contribution in [0.5, 0.6) is 0 Å². The van der Waals surface area contributed by atoms with Crippen molar-refractivity contribution >= 4 is 22.3 Å². The molecule has 3 aromatic heterocycles. The molecule has 4 rings (SSSR count). The second kappa shape index (κ2) is 6.44. The van der Waals surface area contributed by atoms with Gasteiger partial charge in [0.2, 0.25) is 0 Å². The maximum atomic E-state index is 4.65. The highest BCUT2D eigenvalue weighted by Gasteiger charge is 2.21. The van der Waals surface area contributed by atoms with Gasteiger partial charge in [0.25, 0.3) is 0 Å². The van der Waals surface area contributed by atoms with Crippen molar-refractivity contribution in [3.63, 3.8) is 0 Å². The minimum absolute atomic E-state index is 0.766. The molecule has 1 saturated heterocycles. The van der Waals surface area contributed by atoms with Crippen LogP contribution in [-0.4, -0.2) is 50.9 Å². The normalized spacial score (nSPS) is 15.0. The van der Waals surface area contributed by atoms with Crippen LogP contribution >= 0.6 is 11.3 Å². The van der Waals surface area contributed by atoms with Gasteiger partial charge >= 0.3 is 0 Å². The summed E-state index contributed by atoms with van der Waals surface area (Å²) >= 11 is 1.69. The number of nitrogens with zero attached hydrogens (tertiary/aromatic N) is 7. The van der Waals surface area contributed by atoms with Gasteiger partial charge in [0.1, 0.15) is 11.6 Å². The van der Waals surface area contributed by atoms with Crippen LogP contribution in [0.2, 0.25) is 0 Å². The Bertz CT molecular complexity index is 863. The van der Waals surface area contributed by atoms with Gasteiger partial charge in [-0.05, 0) is 26.8 Å². The zero-order valence-corrected chi connectivity index (χ0v) is 15.5. The van der Waals surface area contributed by atoms with Crippen molar-refractivity contribution in [1.82, 2.24) is 24.7 Å². The van der Waals surface area contributed by atoms with E-state index >= 15 is 0 Å². The Kier molecular flexibility index (Phi) is 4.12. The monoisotopic (exact) mass is 355 g/mol. The number of rotatable bonds is 3. The highest BCUT2D eigenvalue weighted by atomic mass is 32.1. The van der Waals surface area contributed by atoms with E-state index in [9.17, 15) is 0 Å². The lowest BCUT2D eigenvalue weighted by atomic mass is 10.3. The van der Waals surface area contributed by atoms with Crippen LogP contribution in [0, 0.1) is 20.8 Å². The molecule has 25 heavy (non-hydrogen) atoms. The Morgan fingerprint density at radius 2 is 1.64 bits per heavy atom. The Hall–Kier alpha value is -2.48. The number of piperazine rings is 1. The standard InChI is InChI=1S/C17H21N7S/c1-12-10-13(2)24(21-12)16-11-15(19-14(3)20-16)22-5-7-23(8-6-22)17-18-4-9-25-17/h4,9-11H,5-8H2,1-3H3. The molecule has 0 saturated carbocycles. The van der Waals surface area contributed by atoms with Crippen molar-refractivity contribution in [2.45, 2.75) is 20.8 Å². The SMILES string of the molecule is Cc1cc(C)n(-c2cc(N3CCN(c4nccs4)CC3)nc(C)n2)n1. The van der Waals surface area contributed by atoms with E-state index in [1.54, 1.807) is 11.3 Å². The number of hydrogen-bond acceptors (Lipinski definition) is 7. The summed E-state index contributed by atoms with van der Waals surface area (Å²) in [6.07, 6.45) is 1.86. The first kappa shape index (κ1) is 16.0. The molecule has 0 unspecified atom stereocenters. The minimum atomic E-state index is 0.766. The molecule has 7 nitrogen and oxygen atoms in total. The molecule has 0 bridgehead atoms. The average molecular weight is 355 g/mol. The van der Waals surface area contributed by atoms with E-state index in [0.717, 1.165) is 60.2 Å². The summed E-state index contributed by atoms with van der Waals surface area (Å²) in [6.45, 7) is 9.72. The molecule has 3 aromatic rings. The Labute approximate surface area is 151 Å². The van der Waals surface area contributed by atoms with E-state index in [0.29, 0.717) is 0 Å². The number of aromatic nitrogens is 5. The van der Waals surface area contributed by atoms with E-state index < -0.39 is 0 Å². The van der Waals surface area contributed by atoms with Crippen LogP contribution < -0.4 is 9.80 Å². The first-order valence-corrected chi connectivity index (χ1v) is 9.27. The Balaban J connectivity index is 1.56. The van der Waals surface area contributed by atoms with Crippen molar-refractivity contribution in [2.75, 3.05) is 36.0 Å². The first-order chi connectivity index (χ1) is 12.1. The highest BCUT2D eigenvalue weighted by molar-refractivity contribution is 7.13. The number of thiazole rings is 1. The molecule has 0 atom stereocenters. The third-order valence-corrected chi connectivity index (χ3v) is 5.16. The lowest BCUT2D eigenvalue weighted by Crippen LogP contribution is -2.46. The maximum Gasteiger partial charge on any atom is 0.185 e. The van der Waals surface area contributed by atoms with E-state index in [4.69, 9.17) is 0 Å². The summed E-state index contributed by atoms with van der Waals surface area (Å²) in [4.78, 5) is 18.3. The van der Waals surface area contributed by atoms with Crippen LogP contribution in [0.15, 0.2) is 23.7 Å². The fourth-order valence-electron chi connectivity index (χ4n) is 3.17. The van der Waals surface area contributed by atoms with Gasteiger partial charge in [-0.3, -0.25) is 0 Å². The lowest BCUT2D eigenvalue weighted by Gasteiger charge is -2.35. The van der Waals surface area contributed by atoms with Crippen LogP contribution in [0.4, 0.5) is 10.9 Å². The molecular weight excluding hydrogens is 334 g/mol. The van der Waals surface area contributed by atoms with Crippen molar-refractivity contribution in [2.24, 2.45) is 0 Å². The van der Waals surface area contributed by atoms with Crippen LogP contribution in [-0.2, 0) is 0 Å². The molecule has 1 aliphatic heterocycles. The van der Waals surface area contributed by atoms with Crippen LogP contribution in [0.25, 0.3) is 5.82 Å². The molecule has 0 aromatic carbocycles. The summed E-state index contributed by atoms with van der Waals surface area (Å²) < 4.78 is 1.89. The number of anilines is 2. The van der Waals surface area contributed by atoms with E-state index in [2.05, 4.69) is 35.9 Å². The second-order valence-electron chi connectivity index (χ2n) is 6.26. The molecule has 1 aliphatic rings. The fraction of sp³-hybridized carbons (Fsp3) is 0.412. The minimum Gasteiger partial charge on any atom is -0.353 e. The number of aryl methyl sites for hydroxylation is 3. The van der Waals surface area contributed by atoms with Gasteiger partial charge in [-0.1, -0.05) is 0 Å². The zero-order valence-electron chi connectivity index (χ0n) is 14.7. The largest absolute Gasteiger partial charge is 0.353 e. The summed E-state index contributed by atoms with van der Waals surface area (Å²) in [6, 6.07) is 4.09. The summed E-state index contributed by atoms with van der Waals surface area (Å²) in [7, 11) is 0. The van der Waals surface area contributed by atoms with Gasteiger partial charge in [-0.15, -0.1) is 11.3 Å². The van der Waals surface area contributed by atoms with Gasteiger partial charge < -0.3 is 9.80 Å². The van der Waals surface area contributed by atoms with Gasteiger partial charge in [-0.25, -0.2) is 19.6 Å². The molecule has 0 N–H and O–H groups in total. The summed E-state index contributed by atoms with van der Waals surface area (Å²) in [5.74, 6) is 2.56. The van der Waals surface area contributed by atoms with Crippen LogP contribution in [0.3, 0.4) is 0 Å². The molecule has 0 spiro atoms. The van der Waals surface area contributed by atoms with E-state index in [1.807, 2.05) is 43.1 Å². The molecule has 0 radical (unpaired) electrons. The van der Waals surface area contributed by atoms with Crippen molar-refractivity contribution in [3.8, 4) is 5.82 Å². The molecular formula is C17H21N7S. The molecule has 0 amide bonds. The highest BCUT2D eigenvalue weighted by Crippen LogP contribution is 2.22. The van der Waals surface area contributed by atoms with Crippen molar-refractivity contribution < 1.29 is 0 Å². The fourth-order valence-corrected chi connectivity index (χ4v) is 3.86. The van der Waals surface area contributed by atoms with Crippen LogP contribution in [0.1, 0.15) is 17.2 Å². The summed E-state index contributed by atoms with van der Waals surface area (Å²) in [5, 5.41) is 7.67. The summed E-state index contributed by atoms with van der Waals surface area (Å²) in [5.41, 5.74) is 2.07. The number of hydrogen-bond donors (Lipinski definition) is 0. The Morgan fingerprint density at radius 3 is 2.28 bits per heavy atom. The molecule has 130 valence electrons. The van der Waals surface area contributed by atoms with E-state index in [-0.39, 0.29) is 0 Å². The van der Waals surface area contributed by atoms with E-state index in [1.165, 1.54) is 0 Å². The van der Waals surface area contributed by atoms with Gasteiger partial charge in [-0.2, -0.15) is 5.10 Å². The lowest BCUT2D eigenvalue weighted by molar-refractivity contribution is 0.643. The first-order valence-electron chi connectivity index (χ1n) is 8.39. The third-order valence-electron chi connectivity index (χ3n) is 4.33. The van der Waals surface area contributed by atoms with Gasteiger partial charge in [0, 0.05) is 49.5 Å². The predicted molar refractivity (Wildman–Crippen MR) is 99.9 cm³/mol.